The van der Waals surface area contributed by atoms with Crippen LogP contribution in [0.3, 0.4) is 0 Å². The van der Waals surface area contributed by atoms with Gasteiger partial charge in [-0.3, -0.25) is 0 Å². The summed E-state index contributed by atoms with van der Waals surface area (Å²) in [6, 6.07) is 7.39. The minimum atomic E-state index is 0.400. The van der Waals surface area contributed by atoms with Gasteiger partial charge in [0.05, 0.1) is 0 Å². The minimum Gasteiger partial charge on any atom is -0.361 e. The molecular weight excluding hydrogens is 207 g/mol. The lowest BCUT2D eigenvalue weighted by Crippen LogP contribution is -1.81. The van der Waals surface area contributed by atoms with E-state index in [-0.39, 0.29) is 0 Å². The number of rotatable bonds is 1. The quantitative estimate of drug-likeness (QED) is 0.722. The third kappa shape index (κ3) is 1.85. The summed E-state index contributed by atoms with van der Waals surface area (Å²) in [5, 5.41) is 0.800. The van der Waals surface area contributed by atoms with E-state index < -0.39 is 0 Å². The zero-order valence-corrected chi connectivity index (χ0v) is 8.10. The molecule has 2 nitrogen and oxygen atoms in total. The van der Waals surface area contributed by atoms with Gasteiger partial charge in [0.25, 0.3) is 0 Å². The van der Waals surface area contributed by atoms with Crippen molar-refractivity contribution < 1.29 is 0 Å². The molecule has 0 spiro atoms. The van der Waals surface area contributed by atoms with E-state index in [9.17, 15) is 0 Å². The zero-order valence-electron chi connectivity index (χ0n) is 6.59. The lowest BCUT2D eigenvalue weighted by Gasteiger charge is -1.99. The summed E-state index contributed by atoms with van der Waals surface area (Å²) in [7, 11) is 0. The fraction of sp³-hybridized carbons (Fsp3) is 0. The van der Waals surface area contributed by atoms with Gasteiger partial charge in [-0.05, 0) is 24.3 Å². The van der Waals surface area contributed by atoms with E-state index >= 15 is 0 Å². The van der Waals surface area contributed by atoms with Gasteiger partial charge in [-0.25, -0.2) is 4.98 Å². The van der Waals surface area contributed by atoms with Crippen LogP contribution in [0.1, 0.15) is 0 Å². The van der Waals surface area contributed by atoms with Crippen LogP contribution in [-0.2, 0) is 0 Å². The highest BCUT2D eigenvalue weighted by molar-refractivity contribution is 6.32. The first-order valence-corrected chi connectivity index (χ1v) is 4.48. The Morgan fingerprint density at radius 2 is 1.85 bits per heavy atom. The number of hydrogen-bond donors (Lipinski definition) is 1. The molecule has 0 aliphatic rings. The molecule has 0 atom stereocenters. The van der Waals surface area contributed by atoms with Crippen molar-refractivity contribution in [3.05, 3.63) is 40.8 Å². The average molecular weight is 213 g/mol. The smallest absolute Gasteiger partial charge is 0.131 e. The summed E-state index contributed by atoms with van der Waals surface area (Å²) >= 11 is 11.5. The van der Waals surface area contributed by atoms with Crippen molar-refractivity contribution in [1.82, 2.24) is 9.97 Å². The van der Waals surface area contributed by atoms with Crippen LogP contribution in [0.5, 0.6) is 0 Å². The van der Waals surface area contributed by atoms with E-state index in [4.69, 9.17) is 23.2 Å². The van der Waals surface area contributed by atoms with Crippen molar-refractivity contribution in [3.8, 4) is 11.3 Å². The molecule has 2 heterocycles. The third-order valence-electron chi connectivity index (χ3n) is 1.67. The molecular formula is C9H6Cl2N2. The monoisotopic (exact) mass is 212 g/mol. The molecule has 0 aliphatic heterocycles. The first kappa shape index (κ1) is 8.60. The molecule has 0 bridgehead atoms. The van der Waals surface area contributed by atoms with Crippen LogP contribution in [-0.4, -0.2) is 9.97 Å². The highest BCUT2D eigenvalue weighted by Gasteiger charge is 2.01. The van der Waals surface area contributed by atoms with Crippen LogP contribution in [0.2, 0.25) is 10.3 Å². The Bertz CT molecular complexity index is 389. The second kappa shape index (κ2) is 3.40. The highest BCUT2D eigenvalue weighted by atomic mass is 35.5. The van der Waals surface area contributed by atoms with E-state index in [0.29, 0.717) is 10.3 Å². The Balaban J connectivity index is 2.53. The maximum Gasteiger partial charge on any atom is 0.131 e. The minimum absolute atomic E-state index is 0.400. The van der Waals surface area contributed by atoms with Gasteiger partial charge in [0.1, 0.15) is 10.3 Å². The molecule has 0 saturated heterocycles. The van der Waals surface area contributed by atoms with Gasteiger partial charge in [0.15, 0.2) is 0 Å². The predicted molar refractivity (Wildman–Crippen MR) is 54.0 cm³/mol. The van der Waals surface area contributed by atoms with Gasteiger partial charge >= 0.3 is 0 Å². The van der Waals surface area contributed by atoms with Crippen molar-refractivity contribution >= 4 is 23.2 Å². The number of hydrogen-bond acceptors (Lipinski definition) is 1. The van der Waals surface area contributed by atoms with Crippen molar-refractivity contribution in [2.24, 2.45) is 0 Å². The first-order chi connectivity index (χ1) is 6.25. The number of aromatic amines is 1. The van der Waals surface area contributed by atoms with Crippen LogP contribution < -0.4 is 0 Å². The first-order valence-electron chi connectivity index (χ1n) is 3.72. The standard InChI is InChI=1S/C9H6Cl2N2/c10-8-4-6(5-9(11)13-8)7-2-1-3-12-7/h1-5,12H. The number of H-pyrrole nitrogens is 1. The van der Waals surface area contributed by atoms with Gasteiger partial charge in [0.2, 0.25) is 0 Å². The SMILES string of the molecule is Clc1cc(-c2ccc[nH]2)cc(Cl)n1. The molecule has 2 aromatic heterocycles. The largest absolute Gasteiger partial charge is 0.361 e. The normalized spacial score (nSPS) is 10.3. The predicted octanol–water partition coefficient (Wildman–Crippen LogP) is 3.38. The van der Waals surface area contributed by atoms with Gasteiger partial charge < -0.3 is 4.98 Å². The van der Waals surface area contributed by atoms with E-state index in [1.165, 1.54) is 0 Å². The van der Waals surface area contributed by atoms with E-state index in [2.05, 4.69) is 9.97 Å². The van der Waals surface area contributed by atoms with Gasteiger partial charge in [-0.2, -0.15) is 0 Å². The van der Waals surface area contributed by atoms with E-state index in [1.807, 2.05) is 18.3 Å². The van der Waals surface area contributed by atoms with Crippen molar-refractivity contribution in [2.45, 2.75) is 0 Å². The van der Waals surface area contributed by atoms with Crippen molar-refractivity contribution in [3.63, 3.8) is 0 Å². The van der Waals surface area contributed by atoms with E-state index in [1.54, 1.807) is 12.1 Å². The van der Waals surface area contributed by atoms with Crippen LogP contribution in [0.15, 0.2) is 30.5 Å². The molecule has 0 aliphatic carbocycles. The molecule has 13 heavy (non-hydrogen) atoms. The van der Waals surface area contributed by atoms with Crippen LogP contribution >= 0.6 is 23.2 Å². The maximum absolute atomic E-state index is 5.76. The van der Waals surface area contributed by atoms with Gasteiger partial charge in [-0.15, -0.1) is 0 Å². The summed E-state index contributed by atoms with van der Waals surface area (Å²) < 4.78 is 0. The molecule has 0 amide bonds. The Labute approximate surface area is 85.5 Å². The fourth-order valence-corrected chi connectivity index (χ4v) is 1.59. The van der Waals surface area contributed by atoms with Gasteiger partial charge in [0, 0.05) is 17.5 Å². The molecule has 0 aromatic carbocycles. The van der Waals surface area contributed by atoms with Gasteiger partial charge in [-0.1, -0.05) is 23.2 Å². The molecule has 0 fully saturated rings. The number of nitrogens with one attached hydrogen (secondary N) is 1. The fourth-order valence-electron chi connectivity index (χ4n) is 1.13. The summed E-state index contributed by atoms with van der Waals surface area (Å²) in [4.78, 5) is 6.92. The molecule has 0 unspecified atom stereocenters. The second-order valence-electron chi connectivity index (χ2n) is 2.59. The lowest BCUT2D eigenvalue weighted by molar-refractivity contribution is 1.31. The number of aromatic nitrogens is 2. The summed E-state index contributed by atoms with van der Waals surface area (Å²) in [5.41, 5.74) is 1.92. The number of halogens is 2. The Hall–Kier alpha value is -0.990. The molecule has 2 rings (SSSR count). The van der Waals surface area contributed by atoms with Crippen LogP contribution in [0, 0.1) is 0 Å². The Morgan fingerprint density at radius 1 is 1.15 bits per heavy atom. The molecule has 0 radical (unpaired) electrons. The molecule has 66 valence electrons. The number of pyridine rings is 1. The zero-order chi connectivity index (χ0) is 9.26. The van der Waals surface area contributed by atoms with Crippen molar-refractivity contribution in [2.75, 3.05) is 0 Å². The average Bonchev–Trinajstić information content (AvgIpc) is 2.53. The second-order valence-corrected chi connectivity index (χ2v) is 3.36. The molecule has 2 aromatic rings. The highest BCUT2D eigenvalue weighted by Crippen LogP contribution is 2.22. The van der Waals surface area contributed by atoms with Crippen LogP contribution in [0.4, 0.5) is 0 Å². The number of nitrogens with zero attached hydrogens (tertiary/aromatic N) is 1. The lowest BCUT2D eigenvalue weighted by atomic mass is 10.2. The van der Waals surface area contributed by atoms with E-state index in [0.717, 1.165) is 11.3 Å². The summed E-state index contributed by atoms with van der Waals surface area (Å²) in [5.74, 6) is 0. The summed E-state index contributed by atoms with van der Waals surface area (Å²) in [6.07, 6.45) is 1.84. The molecule has 0 saturated carbocycles. The Morgan fingerprint density at radius 3 is 2.38 bits per heavy atom. The topological polar surface area (TPSA) is 28.7 Å². The Kier molecular flexibility index (Phi) is 2.25. The van der Waals surface area contributed by atoms with Crippen molar-refractivity contribution in [1.29, 1.82) is 0 Å². The third-order valence-corrected chi connectivity index (χ3v) is 2.06. The van der Waals surface area contributed by atoms with Crippen LogP contribution in [0.25, 0.3) is 11.3 Å². The molecule has 4 heteroatoms. The maximum atomic E-state index is 5.76. The summed E-state index contributed by atoms with van der Waals surface area (Å²) in [6.45, 7) is 0. The molecule has 1 N–H and O–H groups in total.